The number of nitrogens with two attached hydrogens (primary N) is 1. The molecule has 23 heavy (non-hydrogen) atoms. The van der Waals surface area contributed by atoms with Gasteiger partial charge in [0.05, 0.1) is 17.1 Å². The maximum absolute atomic E-state index is 12.6. The summed E-state index contributed by atoms with van der Waals surface area (Å²) in [5.74, 6) is -1.15. The van der Waals surface area contributed by atoms with Crippen LogP contribution in [0.5, 0.6) is 0 Å². The lowest BCUT2D eigenvalue weighted by atomic mass is 9.98. The molecule has 0 saturated carbocycles. The van der Waals surface area contributed by atoms with Crippen molar-refractivity contribution in [3.05, 3.63) is 29.8 Å². The fourth-order valence-electron chi connectivity index (χ4n) is 2.51. The predicted octanol–water partition coefficient (Wildman–Crippen LogP) is 0.749. The molecule has 1 aliphatic heterocycles. The van der Waals surface area contributed by atoms with Gasteiger partial charge < -0.3 is 10.5 Å². The number of esters is 1. The van der Waals surface area contributed by atoms with Crippen molar-refractivity contribution in [2.24, 2.45) is 11.7 Å². The van der Waals surface area contributed by atoms with E-state index in [1.807, 2.05) is 0 Å². The number of rotatable bonds is 5. The van der Waals surface area contributed by atoms with Gasteiger partial charge in [0.15, 0.2) is 0 Å². The molecule has 0 unspecified atom stereocenters. The highest BCUT2D eigenvalue weighted by molar-refractivity contribution is 7.89. The average Bonchev–Trinajstić information content (AvgIpc) is 2.55. The molecule has 1 aromatic rings. The van der Waals surface area contributed by atoms with E-state index in [9.17, 15) is 18.0 Å². The van der Waals surface area contributed by atoms with Gasteiger partial charge in [-0.25, -0.2) is 13.2 Å². The van der Waals surface area contributed by atoms with E-state index >= 15 is 0 Å². The zero-order chi connectivity index (χ0) is 17.0. The summed E-state index contributed by atoms with van der Waals surface area (Å²) in [6, 6.07) is 5.64. The maximum Gasteiger partial charge on any atom is 0.338 e. The number of carbonyl (C=O) groups is 2. The lowest BCUT2D eigenvalue weighted by molar-refractivity contribution is -0.122. The lowest BCUT2D eigenvalue weighted by Gasteiger charge is -2.29. The minimum Gasteiger partial charge on any atom is -0.462 e. The molecule has 1 aliphatic rings. The Morgan fingerprint density at radius 1 is 1.22 bits per heavy atom. The molecule has 1 amide bonds. The van der Waals surface area contributed by atoms with E-state index in [0.29, 0.717) is 18.4 Å². The third kappa shape index (κ3) is 3.89. The molecule has 0 aromatic heterocycles. The zero-order valence-electron chi connectivity index (χ0n) is 12.9. The molecule has 0 radical (unpaired) electrons. The number of benzene rings is 1. The van der Waals surface area contributed by atoms with Crippen LogP contribution in [0, 0.1) is 5.92 Å². The van der Waals surface area contributed by atoms with Crippen molar-refractivity contribution in [2.75, 3.05) is 19.7 Å². The van der Waals surface area contributed by atoms with Crippen molar-refractivity contribution >= 4 is 21.9 Å². The first-order chi connectivity index (χ1) is 10.9. The van der Waals surface area contributed by atoms with Crippen LogP contribution in [0.4, 0.5) is 0 Å². The first-order valence-corrected chi connectivity index (χ1v) is 8.87. The molecule has 0 spiro atoms. The Kier molecular flexibility index (Phi) is 5.38. The number of hydrogen-bond donors (Lipinski definition) is 1. The minimum atomic E-state index is -3.64. The Hall–Kier alpha value is -1.93. The topological polar surface area (TPSA) is 107 Å². The van der Waals surface area contributed by atoms with E-state index in [0.717, 1.165) is 0 Å². The van der Waals surface area contributed by atoms with Crippen LogP contribution < -0.4 is 5.73 Å². The zero-order valence-corrected chi connectivity index (χ0v) is 13.7. The SMILES string of the molecule is CCOC(=O)c1ccc(S(=O)(=O)N2CCC(C(N)=O)CC2)cc1. The average molecular weight is 340 g/mol. The normalized spacial score (nSPS) is 16.9. The summed E-state index contributed by atoms with van der Waals surface area (Å²) in [6.07, 6.45) is 0.852. The predicted molar refractivity (Wildman–Crippen MR) is 83.1 cm³/mol. The minimum absolute atomic E-state index is 0.114. The number of piperidine rings is 1. The van der Waals surface area contributed by atoms with Crippen molar-refractivity contribution in [1.29, 1.82) is 0 Å². The second-order valence-electron chi connectivity index (χ2n) is 5.33. The molecule has 0 atom stereocenters. The van der Waals surface area contributed by atoms with Crippen molar-refractivity contribution in [2.45, 2.75) is 24.7 Å². The molecule has 1 fully saturated rings. The van der Waals surface area contributed by atoms with Gasteiger partial charge in [0.25, 0.3) is 0 Å². The quantitative estimate of drug-likeness (QED) is 0.796. The highest BCUT2D eigenvalue weighted by Crippen LogP contribution is 2.24. The van der Waals surface area contributed by atoms with Crippen LogP contribution in [-0.2, 0) is 19.6 Å². The molecule has 7 nitrogen and oxygen atoms in total. The van der Waals surface area contributed by atoms with Gasteiger partial charge in [0.1, 0.15) is 0 Å². The Bertz CT molecular complexity index is 676. The molecule has 1 heterocycles. The highest BCUT2D eigenvalue weighted by atomic mass is 32.2. The lowest BCUT2D eigenvalue weighted by Crippen LogP contribution is -2.41. The third-order valence-corrected chi connectivity index (χ3v) is 5.77. The van der Waals surface area contributed by atoms with Gasteiger partial charge in [-0.05, 0) is 44.0 Å². The molecule has 126 valence electrons. The first-order valence-electron chi connectivity index (χ1n) is 7.43. The van der Waals surface area contributed by atoms with Crippen molar-refractivity contribution in [3.8, 4) is 0 Å². The van der Waals surface area contributed by atoms with Gasteiger partial charge in [-0.1, -0.05) is 0 Å². The second kappa shape index (κ2) is 7.10. The fourth-order valence-corrected chi connectivity index (χ4v) is 3.98. The van der Waals surface area contributed by atoms with Gasteiger partial charge in [0.2, 0.25) is 15.9 Å². The van der Waals surface area contributed by atoms with Crippen LogP contribution in [0.15, 0.2) is 29.2 Å². The van der Waals surface area contributed by atoms with E-state index in [2.05, 4.69) is 0 Å². The van der Waals surface area contributed by atoms with Crippen LogP contribution in [0.3, 0.4) is 0 Å². The molecule has 1 saturated heterocycles. The van der Waals surface area contributed by atoms with Crippen LogP contribution in [0.25, 0.3) is 0 Å². The summed E-state index contributed by atoms with van der Waals surface area (Å²) >= 11 is 0. The third-order valence-electron chi connectivity index (χ3n) is 3.86. The summed E-state index contributed by atoms with van der Waals surface area (Å²) in [4.78, 5) is 22.8. The van der Waals surface area contributed by atoms with Gasteiger partial charge in [-0.15, -0.1) is 0 Å². The Morgan fingerprint density at radius 2 is 1.78 bits per heavy atom. The molecular weight excluding hydrogens is 320 g/mol. The number of hydrogen-bond acceptors (Lipinski definition) is 5. The Balaban J connectivity index is 2.11. The van der Waals surface area contributed by atoms with Crippen LogP contribution >= 0.6 is 0 Å². The largest absolute Gasteiger partial charge is 0.462 e. The number of primary amides is 1. The summed E-state index contributed by atoms with van der Waals surface area (Å²) in [7, 11) is -3.64. The molecule has 0 aliphatic carbocycles. The van der Waals surface area contributed by atoms with Gasteiger partial charge in [-0.3, -0.25) is 4.79 Å². The number of amides is 1. The van der Waals surface area contributed by atoms with E-state index < -0.39 is 16.0 Å². The molecule has 1 aromatic carbocycles. The Labute approximate surface area is 135 Å². The van der Waals surface area contributed by atoms with E-state index in [1.165, 1.54) is 28.6 Å². The van der Waals surface area contributed by atoms with E-state index in [4.69, 9.17) is 10.5 Å². The van der Waals surface area contributed by atoms with E-state index in [-0.39, 0.29) is 36.4 Å². The van der Waals surface area contributed by atoms with Crippen molar-refractivity contribution < 1.29 is 22.7 Å². The molecular formula is C15H20N2O5S. The number of carbonyl (C=O) groups excluding carboxylic acids is 2. The fraction of sp³-hybridized carbons (Fsp3) is 0.467. The van der Waals surface area contributed by atoms with Crippen molar-refractivity contribution in [3.63, 3.8) is 0 Å². The first kappa shape index (κ1) is 17.4. The standard InChI is InChI=1S/C15H20N2O5S/c1-2-22-15(19)12-3-5-13(6-4-12)23(20,21)17-9-7-11(8-10-17)14(16)18/h3-6,11H,2,7-10H2,1H3,(H2,16,18). The van der Waals surface area contributed by atoms with Gasteiger partial charge in [0, 0.05) is 19.0 Å². The van der Waals surface area contributed by atoms with Gasteiger partial charge >= 0.3 is 5.97 Å². The molecule has 2 N–H and O–H groups in total. The highest BCUT2D eigenvalue weighted by Gasteiger charge is 2.31. The Morgan fingerprint density at radius 3 is 2.26 bits per heavy atom. The molecule has 0 bridgehead atoms. The summed E-state index contributed by atoms with van der Waals surface area (Å²) in [5, 5.41) is 0. The molecule has 8 heteroatoms. The summed E-state index contributed by atoms with van der Waals surface area (Å²) in [6.45, 7) is 2.48. The number of ether oxygens (including phenoxy) is 1. The van der Waals surface area contributed by atoms with Gasteiger partial charge in [-0.2, -0.15) is 4.31 Å². The molecule has 2 rings (SSSR count). The van der Waals surface area contributed by atoms with Crippen LogP contribution in [-0.4, -0.2) is 44.3 Å². The monoisotopic (exact) mass is 340 g/mol. The smallest absolute Gasteiger partial charge is 0.338 e. The summed E-state index contributed by atoms with van der Waals surface area (Å²) in [5.41, 5.74) is 5.56. The number of nitrogens with zero attached hydrogens (tertiary/aromatic N) is 1. The van der Waals surface area contributed by atoms with Crippen molar-refractivity contribution in [1.82, 2.24) is 4.31 Å². The second-order valence-corrected chi connectivity index (χ2v) is 7.26. The van der Waals surface area contributed by atoms with E-state index in [1.54, 1.807) is 6.92 Å². The maximum atomic E-state index is 12.6. The van der Waals surface area contributed by atoms with Crippen LogP contribution in [0.1, 0.15) is 30.1 Å². The van der Waals surface area contributed by atoms with Crippen LogP contribution in [0.2, 0.25) is 0 Å². The summed E-state index contributed by atoms with van der Waals surface area (Å²) < 4.78 is 31.3. The number of sulfonamides is 1.